The summed E-state index contributed by atoms with van der Waals surface area (Å²) in [4.78, 5) is 24.9. The molecule has 0 aliphatic heterocycles. The topological polar surface area (TPSA) is 69.6 Å². The highest BCUT2D eigenvalue weighted by Gasteiger charge is 2.20. The number of benzene rings is 1. The predicted octanol–water partition coefficient (Wildman–Crippen LogP) is 1.50. The fourth-order valence-corrected chi connectivity index (χ4v) is 1.88. The van der Waals surface area contributed by atoms with Gasteiger partial charge in [-0.05, 0) is 18.2 Å². The minimum atomic E-state index is -0.379. The van der Waals surface area contributed by atoms with Gasteiger partial charge in [0.1, 0.15) is 5.75 Å². The number of hydrogen-bond donors (Lipinski definition) is 2. The van der Waals surface area contributed by atoms with Crippen LogP contribution in [0, 0.1) is 5.92 Å². The van der Waals surface area contributed by atoms with Gasteiger partial charge in [0.25, 0.3) is 5.91 Å². The van der Waals surface area contributed by atoms with Crippen LogP contribution in [0.4, 0.5) is 0 Å². The van der Waals surface area contributed by atoms with E-state index >= 15 is 0 Å². The molecule has 0 aliphatic carbocycles. The number of amides is 2. The molecule has 5 nitrogen and oxygen atoms in total. The van der Waals surface area contributed by atoms with Crippen LogP contribution in [0.1, 0.15) is 17.3 Å². The molecule has 0 spiro atoms. The van der Waals surface area contributed by atoms with Crippen LogP contribution in [0.15, 0.2) is 18.2 Å². The van der Waals surface area contributed by atoms with Crippen LogP contribution in [0.2, 0.25) is 5.02 Å². The van der Waals surface area contributed by atoms with Gasteiger partial charge in [0.05, 0.1) is 11.5 Å². The Morgan fingerprint density at radius 1 is 1.47 bits per heavy atom. The normalized spacial score (nSPS) is 11.8. The molecule has 1 rings (SSSR count). The Balaban J connectivity index is 2.82. The van der Waals surface area contributed by atoms with E-state index in [0.717, 1.165) is 0 Å². The van der Waals surface area contributed by atoms with Crippen LogP contribution in [0.3, 0.4) is 0 Å². The predicted molar refractivity (Wildman–Crippen MR) is 73.3 cm³/mol. The van der Waals surface area contributed by atoms with Crippen LogP contribution >= 0.6 is 11.6 Å². The summed E-state index contributed by atoms with van der Waals surface area (Å²) < 4.78 is 0. The van der Waals surface area contributed by atoms with Crippen LogP contribution in [-0.4, -0.2) is 42.5 Å². The standard InChI is InChI=1S/C13H17ClN2O3/c1-8(12(18)15-2)7-16(3)13(19)10-6-9(14)4-5-11(10)17/h4-6,8,17H,7H2,1-3H3,(H,15,18). The molecule has 0 aromatic heterocycles. The van der Waals surface area contributed by atoms with E-state index in [1.54, 1.807) is 21.0 Å². The monoisotopic (exact) mass is 284 g/mol. The summed E-state index contributed by atoms with van der Waals surface area (Å²) in [6.07, 6.45) is 0. The van der Waals surface area contributed by atoms with Crippen molar-refractivity contribution in [2.45, 2.75) is 6.92 Å². The zero-order valence-corrected chi connectivity index (χ0v) is 11.9. The second-order valence-corrected chi connectivity index (χ2v) is 4.80. The van der Waals surface area contributed by atoms with Crippen LogP contribution in [-0.2, 0) is 4.79 Å². The maximum Gasteiger partial charge on any atom is 0.257 e. The number of hydrogen-bond acceptors (Lipinski definition) is 3. The first-order chi connectivity index (χ1) is 8.86. The van der Waals surface area contributed by atoms with Crippen LogP contribution < -0.4 is 5.32 Å². The molecule has 6 heteroatoms. The van der Waals surface area contributed by atoms with Gasteiger partial charge in [-0.1, -0.05) is 18.5 Å². The number of nitrogens with one attached hydrogen (secondary N) is 1. The van der Waals surface area contributed by atoms with E-state index in [1.165, 1.54) is 23.1 Å². The molecule has 19 heavy (non-hydrogen) atoms. The fraction of sp³-hybridized carbons (Fsp3) is 0.385. The quantitative estimate of drug-likeness (QED) is 0.880. The Labute approximate surface area is 117 Å². The first-order valence-electron chi connectivity index (χ1n) is 5.82. The van der Waals surface area contributed by atoms with Gasteiger partial charge in [0.15, 0.2) is 0 Å². The van der Waals surface area contributed by atoms with Crippen LogP contribution in [0.25, 0.3) is 0 Å². The lowest BCUT2D eigenvalue weighted by Gasteiger charge is -2.21. The largest absolute Gasteiger partial charge is 0.507 e. The molecular formula is C13H17ClN2O3. The summed E-state index contributed by atoms with van der Waals surface area (Å²) in [6, 6.07) is 4.27. The molecule has 0 fully saturated rings. The fourth-order valence-electron chi connectivity index (χ4n) is 1.71. The number of halogens is 1. The summed E-state index contributed by atoms with van der Waals surface area (Å²) in [7, 11) is 3.12. The molecule has 2 amide bonds. The lowest BCUT2D eigenvalue weighted by molar-refractivity contribution is -0.124. The van der Waals surface area contributed by atoms with Gasteiger partial charge >= 0.3 is 0 Å². The number of carbonyl (C=O) groups is 2. The van der Waals surface area contributed by atoms with Crippen molar-refractivity contribution in [1.29, 1.82) is 0 Å². The smallest absolute Gasteiger partial charge is 0.257 e. The van der Waals surface area contributed by atoms with E-state index in [-0.39, 0.29) is 35.6 Å². The number of phenolic OH excluding ortho intramolecular Hbond substituents is 1. The SMILES string of the molecule is CNC(=O)C(C)CN(C)C(=O)c1cc(Cl)ccc1O. The van der Waals surface area contributed by atoms with E-state index in [0.29, 0.717) is 5.02 Å². The highest BCUT2D eigenvalue weighted by Crippen LogP contribution is 2.22. The molecule has 1 aromatic carbocycles. The molecular weight excluding hydrogens is 268 g/mol. The first-order valence-corrected chi connectivity index (χ1v) is 6.20. The third kappa shape index (κ3) is 3.86. The Morgan fingerprint density at radius 2 is 2.11 bits per heavy atom. The van der Waals surface area contributed by atoms with E-state index in [9.17, 15) is 14.7 Å². The molecule has 0 saturated carbocycles. The van der Waals surface area contributed by atoms with Crippen molar-refractivity contribution >= 4 is 23.4 Å². The van der Waals surface area contributed by atoms with Gasteiger partial charge in [0.2, 0.25) is 5.91 Å². The van der Waals surface area contributed by atoms with Crippen molar-refractivity contribution in [1.82, 2.24) is 10.2 Å². The molecule has 0 heterocycles. The summed E-state index contributed by atoms with van der Waals surface area (Å²) >= 11 is 5.80. The molecule has 1 atom stereocenters. The molecule has 0 saturated heterocycles. The van der Waals surface area contributed by atoms with Crippen molar-refractivity contribution in [3.63, 3.8) is 0 Å². The summed E-state index contributed by atoms with van der Waals surface area (Å²) in [5.41, 5.74) is 0.124. The Kier molecular flexibility index (Phi) is 5.18. The maximum atomic E-state index is 12.1. The Bertz CT molecular complexity index is 491. The highest BCUT2D eigenvalue weighted by molar-refractivity contribution is 6.31. The van der Waals surface area contributed by atoms with Gasteiger partial charge in [-0.2, -0.15) is 0 Å². The molecule has 0 radical (unpaired) electrons. The van der Waals surface area contributed by atoms with E-state index in [2.05, 4.69) is 5.32 Å². The Morgan fingerprint density at radius 3 is 2.68 bits per heavy atom. The van der Waals surface area contributed by atoms with Crippen LogP contribution in [0.5, 0.6) is 5.75 Å². The average molecular weight is 285 g/mol. The van der Waals surface area contributed by atoms with Crippen molar-refractivity contribution in [3.05, 3.63) is 28.8 Å². The molecule has 0 aliphatic rings. The van der Waals surface area contributed by atoms with E-state index in [4.69, 9.17) is 11.6 Å². The third-order valence-corrected chi connectivity index (χ3v) is 3.01. The first kappa shape index (κ1) is 15.3. The summed E-state index contributed by atoms with van der Waals surface area (Å²) in [5, 5.41) is 12.5. The zero-order chi connectivity index (χ0) is 14.6. The molecule has 104 valence electrons. The van der Waals surface area contributed by atoms with Crippen molar-refractivity contribution in [2.24, 2.45) is 5.92 Å². The second kappa shape index (κ2) is 6.43. The number of carbonyl (C=O) groups excluding carboxylic acids is 2. The van der Waals surface area contributed by atoms with Gasteiger partial charge in [-0.15, -0.1) is 0 Å². The minimum absolute atomic E-state index is 0.124. The maximum absolute atomic E-state index is 12.1. The van der Waals surface area contributed by atoms with Gasteiger partial charge in [0, 0.05) is 25.7 Å². The van der Waals surface area contributed by atoms with Gasteiger partial charge < -0.3 is 15.3 Å². The van der Waals surface area contributed by atoms with Crippen molar-refractivity contribution < 1.29 is 14.7 Å². The third-order valence-electron chi connectivity index (χ3n) is 2.78. The number of phenols is 1. The Hall–Kier alpha value is -1.75. The van der Waals surface area contributed by atoms with Gasteiger partial charge in [-0.3, -0.25) is 9.59 Å². The number of rotatable bonds is 4. The summed E-state index contributed by atoms with van der Waals surface area (Å²) in [6.45, 7) is 1.98. The highest BCUT2D eigenvalue weighted by atomic mass is 35.5. The lowest BCUT2D eigenvalue weighted by atomic mass is 10.1. The number of nitrogens with zero attached hydrogens (tertiary/aromatic N) is 1. The zero-order valence-electron chi connectivity index (χ0n) is 11.1. The second-order valence-electron chi connectivity index (χ2n) is 4.36. The van der Waals surface area contributed by atoms with Gasteiger partial charge in [-0.25, -0.2) is 0 Å². The number of aromatic hydroxyl groups is 1. The molecule has 2 N–H and O–H groups in total. The van der Waals surface area contributed by atoms with Crippen molar-refractivity contribution in [2.75, 3.05) is 20.6 Å². The van der Waals surface area contributed by atoms with E-state index in [1.807, 2.05) is 0 Å². The minimum Gasteiger partial charge on any atom is -0.507 e. The molecule has 1 unspecified atom stereocenters. The molecule has 0 bridgehead atoms. The lowest BCUT2D eigenvalue weighted by Crippen LogP contribution is -2.37. The summed E-state index contributed by atoms with van der Waals surface area (Å²) in [5.74, 6) is -0.986. The van der Waals surface area contributed by atoms with Crippen molar-refractivity contribution in [3.8, 4) is 5.75 Å². The average Bonchev–Trinajstić information content (AvgIpc) is 2.39. The van der Waals surface area contributed by atoms with E-state index < -0.39 is 0 Å². The molecule has 1 aromatic rings.